The zero-order chi connectivity index (χ0) is 17.8. The Morgan fingerprint density at radius 2 is 1.88 bits per heavy atom. The lowest BCUT2D eigenvalue weighted by Crippen LogP contribution is -2.87. The molecule has 2 heterocycles. The summed E-state index contributed by atoms with van der Waals surface area (Å²) in [5.74, 6) is -0.120. The van der Waals surface area contributed by atoms with Gasteiger partial charge in [0.05, 0.1) is 24.9 Å². The third kappa shape index (κ3) is 3.51. The van der Waals surface area contributed by atoms with E-state index in [1.54, 1.807) is 7.11 Å². The van der Waals surface area contributed by atoms with Crippen LogP contribution in [0, 0.1) is 0 Å². The number of hydrogen-bond donors (Lipinski definition) is 2. The number of hydrogen-bond acceptors (Lipinski definition) is 3. The molecule has 0 bridgehead atoms. The average Bonchev–Trinajstić information content (AvgIpc) is 3.00. The zero-order valence-electron chi connectivity index (χ0n) is 14.4. The van der Waals surface area contributed by atoms with Crippen LogP contribution in [0.15, 0.2) is 48.5 Å². The van der Waals surface area contributed by atoms with E-state index >= 15 is 0 Å². The summed E-state index contributed by atoms with van der Waals surface area (Å²) in [5, 5.41) is 12.6. The third-order valence-corrected chi connectivity index (χ3v) is 4.43. The molecule has 1 aliphatic rings. The second-order valence-electron chi connectivity index (χ2n) is 6.05. The van der Waals surface area contributed by atoms with E-state index in [0.717, 1.165) is 25.6 Å². The first-order chi connectivity index (χ1) is 12.1. The summed E-state index contributed by atoms with van der Waals surface area (Å²) in [6.45, 7) is 2.08. The standard InChI is InChI=1S/C18H18N2O.C2H4O2/c1-21-16-9-5-3-7-14(16)17-18-13(10-11-19-17)12-6-2-4-8-15(12)20-18;1-2(3)4/h2-9,17,19-20H,10-11H2,1H3;1H3,(H,3,4). The number of benzene rings is 2. The molecule has 25 heavy (non-hydrogen) atoms. The summed E-state index contributed by atoms with van der Waals surface area (Å²) in [6, 6.07) is 17.2. The number of aromatic amines is 1. The molecule has 3 aromatic rings. The maximum absolute atomic E-state index is 8.89. The molecule has 1 aromatic heterocycles. The van der Waals surface area contributed by atoms with Gasteiger partial charge in [-0.1, -0.05) is 30.3 Å². The Balaban J connectivity index is 0.000000415. The lowest BCUT2D eigenvalue weighted by Gasteiger charge is -2.23. The Labute approximate surface area is 146 Å². The summed E-state index contributed by atoms with van der Waals surface area (Å²) < 4.78 is 5.55. The minimum absolute atomic E-state index is 0.289. The van der Waals surface area contributed by atoms with Crippen LogP contribution in [0.25, 0.3) is 10.9 Å². The predicted octanol–water partition coefficient (Wildman–Crippen LogP) is 1.14. The minimum atomic E-state index is -1.08. The number of carbonyl (C=O) groups is 1. The van der Waals surface area contributed by atoms with Gasteiger partial charge in [-0.3, -0.25) is 0 Å². The van der Waals surface area contributed by atoms with Crippen molar-refractivity contribution in [3.05, 3.63) is 65.4 Å². The highest BCUT2D eigenvalue weighted by molar-refractivity contribution is 5.85. The summed E-state index contributed by atoms with van der Waals surface area (Å²) >= 11 is 0. The first-order valence-corrected chi connectivity index (χ1v) is 8.35. The molecule has 1 aliphatic heterocycles. The highest BCUT2D eigenvalue weighted by atomic mass is 16.5. The Hall–Kier alpha value is -2.79. The Kier molecular flexibility index (Phi) is 5.05. The molecule has 1 atom stereocenters. The number of nitrogens with two attached hydrogens (primary N) is 1. The van der Waals surface area contributed by atoms with Crippen molar-refractivity contribution < 1.29 is 20.0 Å². The summed E-state index contributed by atoms with van der Waals surface area (Å²) in [5.41, 5.74) is 5.26. The van der Waals surface area contributed by atoms with E-state index in [2.05, 4.69) is 46.7 Å². The second-order valence-corrected chi connectivity index (χ2v) is 6.05. The number of rotatable bonds is 2. The van der Waals surface area contributed by atoms with E-state index < -0.39 is 5.97 Å². The number of fused-ring (bicyclic) bond motifs is 3. The first-order valence-electron chi connectivity index (χ1n) is 8.35. The molecular formula is C20H22N2O3. The molecule has 5 heteroatoms. The molecular weight excluding hydrogens is 316 g/mol. The fourth-order valence-electron chi connectivity index (χ4n) is 3.47. The fraction of sp³-hybridized carbons (Fsp3) is 0.250. The van der Waals surface area contributed by atoms with E-state index in [1.807, 2.05) is 12.1 Å². The van der Waals surface area contributed by atoms with E-state index in [4.69, 9.17) is 14.6 Å². The number of carboxylic acid groups (broad SMARTS) is 1. The average molecular weight is 338 g/mol. The predicted molar refractivity (Wildman–Crippen MR) is 94.3 cm³/mol. The van der Waals surface area contributed by atoms with Gasteiger partial charge in [-0.05, 0) is 30.7 Å². The van der Waals surface area contributed by atoms with Crippen molar-refractivity contribution in [2.45, 2.75) is 19.4 Å². The van der Waals surface area contributed by atoms with Crippen LogP contribution in [0.3, 0.4) is 0 Å². The van der Waals surface area contributed by atoms with E-state index in [0.29, 0.717) is 0 Å². The van der Waals surface area contributed by atoms with Crippen LogP contribution in [0.2, 0.25) is 0 Å². The van der Waals surface area contributed by atoms with Gasteiger partial charge in [0.15, 0.2) is 6.04 Å². The lowest BCUT2D eigenvalue weighted by atomic mass is 9.94. The molecule has 0 amide bonds. The van der Waals surface area contributed by atoms with Gasteiger partial charge >= 0.3 is 0 Å². The minimum Gasteiger partial charge on any atom is -0.550 e. The number of methoxy groups -OCH3 is 1. The van der Waals surface area contributed by atoms with Crippen molar-refractivity contribution in [2.24, 2.45) is 0 Å². The molecule has 130 valence electrons. The molecule has 0 spiro atoms. The normalized spacial score (nSPS) is 15.8. The maximum Gasteiger partial charge on any atom is 0.156 e. The van der Waals surface area contributed by atoms with Gasteiger partial charge in [-0.25, -0.2) is 0 Å². The molecule has 1 unspecified atom stereocenters. The number of H-pyrrole nitrogens is 1. The number of carboxylic acids is 1. The summed E-state index contributed by atoms with van der Waals surface area (Å²) in [7, 11) is 1.74. The number of quaternary nitrogens is 1. The fourth-order valence-corrected chi connectivity index (χ4v) is 3.47. The molecule has 4 rings (SSSR count). The molecule has 0 saturated heterocycles. The number of para-hydroxylation sites is 2. The molecule has 2 aromatic carbocycles. The maximum atomic E-state index is 8.89. The van der Waals surface area contributed by atoms with Crippen LogP contribution in [0.1, 0.15) is 29.8 Å². The number of aliphatic carboxylic acids is 1. The van der Waals surface area contributed by atoms with Crippen molar-refractivity contribution in [1.82, 2.24) is 4.98 Å². The van der Waals surface area contributed by atoms with Gasteiger partial charge in [0, 0.05) is 23.3 Å². The molecule has 0 fully saturated rings. The van der Waals surface area contributed by atoms with E-state index in [-0.39, 0.29) is 6.04 Å². The van der Waals surface area contributed by atoms with Crippen LogP contribution in [-0.4, -0.2) is 24.6 Å². The molecule has 0 saturated carbocycles. The lowest BCUT2D eigenvalue weighted by molar-refractivity contribution is -0.690. The zero-order valence-corrected chi connectivity index (χ0v) is 14.4. The highest BCUT2D eigenvalue weighted by Crippen LogP contribution is 2.33. The van der Waals surface area contributed by atoms with E-state index in [1.165, 1.54) is 27.7 Å². The van der Waals surface area contributed by atoms with Gasteiger partial charge in [-0.2, -0.15) is 0 Å². The SMILES string of the molecule is CC(=O)[O-].COc1ccccc1C1[NH2+]CCc2c1[nH]c1ccccc21. The monoisotopic (exact) mass is 338 g/mol. The number of carbonyl (C=O) groups excluding carboxylic acids is 1. The molecule has 0 radical (unpaired) electrons. The molecule has 3 N–H and O–H groups in total. The van der Waals surface area contributed by atoms with Crippen molar-refractivity contribution in [1.29, 1.82) is 0 Å². The van der Waals surface area contributed by atoms with Crippen molar-refractivity contribution in [3.8, 4) is 5.75 Å². The number of nitrogens with one attached hydrogen (secondary N) is 1. The van der Waals surface area contributed by atoms with Gasteiger partial charge in [0.2, 0.25) is 0 Å². The Morgan fingerprint density at radius 1 is 1.20 bits per heavy atom. The van der Waals surface area contributed by atoms with Crippen LogP contribution in [0.5, 0.6) is 5.75 Å². The van der Waals surface area contributed by atoms with E-state index in [9.17, 15) is 0 Å². The molecule has 0 aliphatic carbocycles. The first kappa shape index (κ1) is 17.0. The Morgan fingerprint density at radius 3 is 2.64 bits per heavy atom. The van der Waals surface area contributed by atoms with Gasteiger partial charge in [0.25, 0.3) is 0 Å². The highest BCUT2D eigenvalue weighted by Gasteiger charge is 2.30. The largest absolute Gasteiger partial charge is 0.550 e. The summed E-state index contributed by atoms with van der Waals surface area (Å²) in [4.78, 5) is 12.5. The number of ether oxygens (including phenoxy) is 1. The third-order valence-electron chi connectivity index (χ3n) is 4.43. The van der Waals surface area contributed by atoms with Crippen LogP contribution >= 0.6 is 0 Å². The van der Waals surface area contributed by atoms with Crippen LogP contribution in [-0.2, 0) is 11.2 Å². The van der Waals surface area contributed by atoms with Crippen molar-refractivity contribution >= 4 is 16.9 Å². The van der Waals surface area contributed by atoms with Gasteiger partial charge < -0.3 is 24.9 Å². The number of aromatic nitrogens is 1. The van der Waals surface area contributed by atoms with Gasteiger partial charge in [0.1, 0.15) is 5.75 Å². The van der Waals surface area contributed by atoms with Crippen molar-refractivity contribution in [2.75, 3.05) is 13.7 Å². The van der Waals surface area contributed by atoms with Crippen LogP contribution < -0.4 is 15.2 Å². The van der Waals surface area contributed by atoms with Gasteiger partial charge in [-0.15, -0.1) is 0 Å². The quantitative estimate of drug-likeness (QED) is 0.735. The smallest absolute Gasteiger partial charge is 0.156 e. The van der Waals surface area contributed by atoms with Crippen LogP contribution in [0.4, 0.5) is 0 Å². The topological polar surface area (TPSA) is 81.8 Å². The Bertz CT molecular complexity index is 882. The van der Waals surface area contributed by atoms with Crippen molar-refractivity contribution in [3.63, 3.8) is 0 Å². The molecule has 5 nitrogen and oxygen atoms in total. The second kappa shape index (κ2) is 7.40. The summed E-state index contributed by atoms with van der Waals surface area (Å²) in [6.07, 6.45) is 1.12.